The van der Waals surface area contributed by atoms with Crippen LogP contribution in [0, 0.1) is 0 Å². The van der Waals surface area contributed by atoms with E-state index < -0.39 is 0 Å². The smallest absolute Gasteiger partial charge is 0.0695 e. The highest BCUT2D eigenvalue weighted by atomic mass is 79.9. The van der Waals surface area contributed by atoms with Gasteiger partial charge in [0.15, 0.2) is 0 Å². The van der Waals surface area contributed by atoms with Crippen molar-refractivity contribution in [1.82, 2.24) is 9.80 Å². The Labute approximate surface area is 148 Å². The minimum atomic E-state index is -0.0919. The molecule has 3 rings (SSSR count). The molecule has 0 amide bonds. The van der Waals surface area contributed by atoms with E-state index in [0.717, 1.165) is 39.0 Å². The molecule has 2 atom stereocenters. The summed E-state index contributed by atoms with van der Waals surface area (Å²) < 4.78 is 1.23. The topological polar surface area (TPSA) is 26.7 Å². The third kappa shape index (κ3) is 4.79. The number of benzene rings is 1. The monoisotopic (exact) mass is 380 g/mol. The summed E-state index contributed by atoms with van der Waals surface area (Å²) in [6.07, 6.45) is 6.93. The number of halogens is 1. The van der Waals surface area contributed by atoms with E-state index in [1.54, 1.807) is 0 Å². The molecule has 1 saturated carbocycles. The van der Waals surface area contributed by atoms with Crippen LogP contribution in [-0.2, 0) is 6.42 Å². The number of aliphatic hydroxyl groups is 1. The molecule has 0 radical (unpaired) electrons. The van der Waals surface area contributed by atoms with Crippen molar-refractivity contribution < 1.29 is 5.11 Å². The first-order chi connectivity index (χ1) is 11.2. The Hall–Kier alpha value is -0.420. The molecule has 128 valence electrons. The van der Waals surface area contributed by atoms with Crippen molar-refractivity contribution in [3.63, 3.8) is 0 Å². The van der Waals surface area contributed by atoms with Crippen LogP contribution < -0.4 is 0 Å². The van der Waals surface area contributed by atoms with E-state index in [2.05, 4.69) is 50.0 Å². The van der Waals surface area contributed by atoms with E-state index in [1.807, 2.05) is 0 Å². The summed E-state index contributed by atoms with van der Waals surface area (Å²) in [5.41, 5.74) is 1.41. The van der Waals surface area contributed by atoms with Gasteiger partial charge >= 0.3 is 0 Å². The number of piperazine rings is 1. The van der Waals surface area contributed by atoms with Crippen LogP contribution in [0.4, 0.5) is 0 Å². The molecule has 4 heteroatoms. The van der Waals surface area contributed by atoms with Gasteiger partial charge in [-0.05, 0) is 43.9 Å². The largest absolute Gasteiger partial charge is 0.391 e. The fraction of sp³-hybridized carbons (Fsp3) is 0.684. The second kappa shape index (κ2) is 8.61. The van der Waals surface area contributed by atoms with E-state index in [9.17, 15) is 5.11 Å². The molecule has 1 aromatic rings. The highest BCUT2D eigenvalue weighted by molar-refractivity contribution is 9.10. The second-order valence-corrected chi connectivity index (χ2v) is 7.85. The summed E-state index contributed by atoms with van der Waals surface area (Å²) in [6.45, 7) is 5.73. The van der Waals surface area contributed by atoms with Gasteiger partial charge in [0, 0.05) is 36.7 Å². The molecule has 1 N–H and O–H groups in total. The lowest BCUT2D eigenvalue weighted by Gasteiger charge is -2.42. The van der Waals surface area contributed by atoms with Gasteiger partial charge in [0.05, 0.1) is 6.10 Å². The van der Waals surface area contributed by atoms with Gasteiger partial charge < -0.3 is 10.0 Å². The molecule has 3 nitrogen and oxygen atoms in total. The van der Waals surface area contributed by atoms with Gasteiger partial charge in [-0.3, -0.25) is 4.90 Å². The van der Waals surface area contributed by atoms with Crippen LogP contribution in [0.2, 0.25) is 0 Å². The predicted molar refractivity (Wildman–Crippen MR) is 98.7 cm³/mol. The molecular formula is C19H29BrN2O. The fourth-order valence-corrected chi connectivity index (χ4v) is 4.51. The lowest BCUT2D eigenvalue weighted by Crippen LogP contribution is -2.54. The molecule has 2 aliphatic rings. The van der Waals surface area contributed by atoms with E-state index in [-0.39, 0.29) is 6.10 Å². The van der Waals surface area contributed by atoms with Gasteiger partial charge in [0.2, 0.25) is 0 Å². The van der Waals surface area contributed by atoms with E-state index in [4.69, 9.17) is 0 Å². The standard InChI is InChI=1S/C19H29BrN2O/c20-17-8-2-1-6-16(17)7-5-11-21-12-14-22(15-13-21)18-9-3-4-10-19(18)23/h1-2,6,8,18-19,23H,3-5,7,9-15H2/t18-,19-/m0/s1. The minimum absolute atomic E-state index is 0.0919. The van der Waals surface area contributed by atoms with Gasteiger partial charge in [0.25, 0.3) is 0 Å². The molecule has 1 saturated heterocycles. The van der Waals surface area contributed by atoms with Crippen LogP contribution in [-0.4, -0.2) is 59.8 Å². The van der Waals surface area contributed by atoms with Gasteiger partial charge in [-0.25, -0.2) is 0 Å². The van der Waals surface area contributed by atoms with Crippen LogP contribution in [0.5, 0.6) is 0 Å². The first-order valence-electron chi connectivity index (χ1n) is 9.12. The van der Waals surface area contributed by atoms with Crippen LogP contribution >= 0.6 is 15.9 Å². The highest BCUT2D eigenvalue weighted by Gasteiger charge is 2.30. The zero-order valence-electron chi connectivity index (χ0n) is 14.0. The average Bonchev–Trinajstić information content (AvgIpc) is 2.58. The summed E-state index contributed by atoms with van der Waals surface area (Å²) in [4.78, 5) is 5.12. The number of hydrogen-bond acceptors (Lipinski definition) is 3. The number of rotatable bonds is 5. The third-order valence-corrected chi connectivity index (χ3v) is 6.22. The van der Waals surface area contributed by atoms with Crippen molar-refractivity contribution >= 4 is 15.9 Å². The number of nitrogens with zero attached hydrogens (tertiary/aromatic N) is 2. The Kier molecular flexibility index (Phi) is 6.52. The van der Waals surface area contributed by atoms with E-state index >= 15 is 0 Å². The quantitative estimate of drug-likeness (QED) is 0.848. The SMILES string of the molecule is O[C@H]1CCCC[C@@H]1N1CCN(CCCc2ccccc2Br)CC1. The van der Waals surface area contributed by atoms with Gasteiger partial charge in [-0.1, -0.05) is 47.0 Å². The Morgan fingerprint density at radius 2 is 1.78 bits per heavy atom. The molecule has 0 bridgehead atoms. The Morgan fingerprint density at radius 1 is 1.04 bits per heavy atom. The highest BCUT2D eigenvalue weighted by Crippen LogP contribution is 2.24. The van der Waals surface area contributed by atoms with Gasteiger partial charge in [-0.2, -0.15) is 0 Å². The van der Waals surface area contributed by atoms with Gasteiger partial charge in [0.1, 0.15) is 0 Å². The normalized spacial score (nSPS) is 27.2. The van der Waals surface area contributed by atoms with E-state index in [1.165, 1.54) is 42.3 Å². The van der Waals surface area contributed by atoms with Crippen LogP contribution in [0.1, 0.15) is 37.7 Å². The average molecular weight is 381 g/mol. The summed E-state index contributed by atoms with van der Waals surface area (Å²) in [5.74, 6) is 0. The zero-order valence-corrected chi connectivity index (χ0v) is 15.5. The van der Waals surface area contributed by atoms with Gasteiger partial charge in [-0.15, -0.1) is 0 Å². The summed E-state index contributed by atoms with van der Waals surface area (Å²) in [7, 11) is 0. The molecule has 1 aliphatic heterocycles. The lowest BCUT2D eigenvalue weighted by molar-refractivity contribution is -0.00358. The minimum Gasteiger partial charge on any atom is -0.391 e. The molecule has 1 heterocycles. The van der Waals surface area contributed by atoms with Crippen LogP contribution in [0.25, 0.3) is 0 Å². The Balaban J connectivity index is 1.38. The molecule has 0 unspecified atom stereocenters. The lowest BCUT2D eigenvalue weighted by atomic mass is 9.91. The zero-order chi connectivity index (χ0) is 16.1. The van der Waals surface area contributed by atoms with E-state index in [0.29, 0.717) is 6.04 Å². The first-order valence-corrected chi connectivity index (χ1v) is 9.91. The Bertz CT molecular complexity index is 488. The summed E-state index contributed by atoms with van der Waals surface area (Å²) >= 11 is 3.64. The first kappa shape index (κ1) is 17.4. The number of aliphatic hydroxyl groups excluding tert-OH is 1. The third-order valence-electron chi connectivity index (χ3n) is 5.45. The molecular weight excluding hydrogens is 352 g/mol. The fourth-order valence-electron chi connectivity index (χ4n) is 4.03. The number of aryl methyl sites for hydroxylation is 1. The van der Waals surface area contributed by atoms with Crippen LogP contribution in [0.3, 0.4) is 0 Å². The second-order valence-electron chi connectivity index (χ2n) is 6.99. The summed E-state index contributed by atoms with van der Waals surface area (Å²) in [6, 6.07) is 8.96. The van der Waals surface area contributed by atoms with Crippen molar-refractivity contribution in [1.29, 1.82) is 0 Å². The van der Waals surface area contributed by atoms with Crippen molar-refractivity contribution in [3.8, 4) is 0 Å². The molecule has 0 aromatic heterocycles. The molecule has 0 spiro atoms. The maximum absolute atomic E-state index is 10.2. The molecule has 1 aromatic carbocycles. The molecule has 1 aliphatic carbocycles. The molecule has 23 heavy (non-hydrogen) atoms. The molecule has 2 fully saturated rings. The van der Waals surface area contributed by atoms with Crippen molar-refractivity contribution in [2.24, 2.45) is 0 Å². The van der Waals surface area contributed by atoms with Crippen LogP contribution in [0.15, 0.2) is 28.7 Å². The summed E-state index contributed by atoms with van der Waals surface area (Å²) in [5, 5.41) is 10.2. The maximum atomic E-state index is 10.2. The Morgan fingerprint density at radius 3 is 2.52 bits per heavy atom. The number of hydrogen-bond donors (Lipinski definition) is 1. The predicted octanol–water partition coefficient (Wildman–Crippen LogP) is 3.30. The van der Waals surface area contributed by atoms with Crippen molar-refractivity contribution in [2.75, 3.05) is 32.7 Å². The van der Waals surface area contributed by atoms with Crippen molar-refractivity contribution in [3.05, 3.63) is 34.3 Å². The van der Waals surface area contributed by atoms with Crippen molar-refractivity contribution in [2.45, 2.75) is 50.7 Å². The maximum Gasteiger partial charge on any atom is 0.0695 e.